The van der Waals surface area contributed by atoms with Crippen molar-refractivity contribution < 1.29 is 19.0 Å². The molecule has 0 aliphatic heterocycles. The second-order valence-corrected chi connectivity index (χ2v) is 9.47. The molecule has 0 unspecified atom stereocenters. The van der Waals surface area contributed by atoms with E-state index in [1.54, 1.807) is 23.0 Å². The van der Waals surface area contributed by atoms with E-state index in [1.807, 2.05) is 43.8 Å². The van der Waals surface area contributed by atoms with Gasteiger partial charge in [0.2, 0.25) is 0 Å². The average Bonchev–Trinajstić information content (AvgIpc) is 3.70. The van der Waals surface area contributed by atoms with Crippen molar-refractivity contribution in [2.24, 2.45) is 0 Å². The summed E-state index contributed by atoms with van der Waals surface area (Å²) in [5.74, 6) is 0.266. The lowest BCUT2D eigenvalue weighted by molar-refractivity contribution is -0.140. The van der Waals surface area contributed by atoms with Crippen molar-refractivity contribution in [3.63, 3.8) is 0 Å². The molecule has 7 heteroatoms. The molecule has 0 aliphatic rings. The van der Waals surface area contributed by atoms with Gasteiger partial charge in [0.05, 0.1) is 12.6 Å². The number of carbonyl (C=O) groups is 2. The molecular weight excluding hydrogens is 499 g/mol. The average molecular weight is 555 g/mol. The van der Waals surface area contributed by atoms with Crippen molar-refractivity contribution in [1.29, 1.82) is 0 Å². The Morgan fingerprint density at radius 3 is 1.68 bits per heavy atom. The number of H-pyrrole nitrogens is 1. The first kappa shape index (κ1) is 40.2. The molecule has 1 N–H and O–H groups in total. The molecule has 38 heavy (non-hydrogen) atoms. The number of ether oxygens (including phenoxy) is 1. The third-order valence-corrected chi connectivity index (χ3v) is 6.02. The molecule has 0 aliphatic carbocycles. The van der Waals surface area contributed by atoms with E-state index in [4.69, 9.17) is 0 Å². The second kappa shape index (κ2) is 36.9. The van der Waals surface area contributed by atoms with E-state index >= 15 is 0 Å². The Morgan fingerprint density at radius 1 is 0.816 bits per heavy atom. The van der Waals surface area contributed by atoms with Gasteiger partial charge in [-0.2, -0.15) is 0 Å². The van der Waals surface area contributed by atoms with Crippen molar-refractivity contribution in [2.45, 2.75) is 124 Å². The standard InChI is InChI=1S/C19H36O2.C5H10O.C4H5N.C3H3NS.FH/c1-3-4-5-6-7-8-9-10-11-12-13-14-15-16-17-18-19(20)21-2;1-3-5(6)4-2;1-2-4-5-3-1;1-2-5-3-4-1;/h10-11H,3-9,12-18H2,1-2H3;3-4H2,1-2H3;1-5H;1-3H;1H/b11-10-;;;;. The molecule has 0 saturated heterocycles. The van der Waals surface area contributed by atoms with Crippen LogP contribution in [0.25, 0.3) is 0 Å². The summed E-state index contributed by atoms with van der Waals surface area (Å²) < 4.78 is 4.62. The van der Waals surface area contributed by atoms with E-state index in [-0.39, 0.29) is 10.7 Å². The number of aromatic amines is 1. The lowest BCUT2D eigenvalue weighted by atomic mass is 10.1. The Bertz CT molecular complexity index is 625. The number of hydrogen-bond donors (Lipinski definition) is 1. The Hall–Kier alpha value is -2.28. The molecular formula is C31H55FN2O3S. The fourth-order valence-corrected chi connectivity index (χ4v) is 3.50. The van der Waals surface area contributed by atoms with Crippen molar-refractivity contribution >= 4 is 23.1 Å². The molecule has 0 amide bonds. The number of unbranched alkanes of at least 4 members (excludes halogenated alkanes) is 11. The molecule has 2 aromatic heterocycles. The zero-order valence-electron chi connectivity index (χ0n) is 24.5. The van der Waals surface area contributed by atoms with Gasteiger partial charge in [-0.3, -0.25) is 19.3 Å². The molecule has 5 nitrogen and oxygen atoms in total. The SMILES string of the molecule is CCC(=O)CC.CCCCCCCC/C=C\CCCCCCCC(=O)OC.F.c1cc[nH]c1.c1cscn1. The Morgan fingerprint density at radius 2 is 1.34 bits per heavy atom. The van der Waals surface area contributed by atoms with Crippen LogP contribution in [0.4, 0.5) is 4.70 Å². The van der Waals surface area contributed by atoms with E-state index in [0.29, 0.717) is 25.0 Å². The van der Waals surface area contributed by atoms with Gasteiger partial charge in [-0.05, 0) is 44.2 Å². The van der Waals surface area contributed by atoms with Crippen LogP contribution in [-0.2, 0) is 14.3 Å². The van der Waals surface area contributed by atoms with Gasteiger partial charge in [0, 0.05) is 43.2 Å². The van der Waals surface area contributed by atoms with E-state index in [1.165, 1.54) is 77.7 Å². The van der Waals surface area contributed by atoms with Crippen LogP contribution < -0.4 is 0 Å². The Labute approximate surface area is 236 Å². The molecule has 0 radical (unpaired) electrons. The smallest absolute Gasteiger partial charge is 0.305 e. The summed E-state index contributed by atoms with van der Waals surface area (Å²) in [6.45, 7) is 6.03. The van der Waals surface area contributed by atoms with Crippen molar-refractivity contribution in [1.82, 2.24) is 9.97 Å². The minimum atomic E-state index is -0.0763. The number of rotatable bonds is 17. The maximum Gasteiger partial charge on any atom is 0.305 e. The van der Waals surface area contributed by atoms with Gasteiger partial charge < -0.3 is 9.72 Å². The number of halogens is 1. The lowest BCUT2D eigenvalue weighted by Crippen LogP contribution is -1.98. The highest BCUT2D eigenvalue weighted by Crippen LogP contribution is 2.10. The molecule has 220 valence electrons. The minimum absolute atomic E-state index is 0. The normalized spacial score (nSPS) is 9.58. The minimum Gasteiger partial charge on any atom is -0.469 e. The number of nitrogens with zero attached hydrogens (tertiary/aromatic N) is 1. The van der Waals surface area contributed by atoms with Crippen LogP contribution in [0.1, 0.15) is 124 Å². The van der Waals surface area contributed by atoms with Crippen LogP contribution in [0.2, 0.25) is 0 Å². The number of esters is 1. The summed E-state index contributed by atoms with van der Waals surface area (Å²) in [6, 6.07) is 3.89. The maximum atomic E-state index is 10.9. The quantitative estimate of drug-likeness (QED) is 0.120. The molecule has 2 aromatic rings. The Balaban J connectivity index is -0.000000573. The molecule has 0 spiro atoms. The number of hydrogen-bond acceptors (Lipinski definition) is 5. The molecule has 0 fully saturated rings. The van der Waals surface area contributed by atoms with E-state index in [9.17, 15) is 9.59 Å². The van der Waals surface area contributed by atoms with E-state index < -0.39 is 0 Å². The lowest BCUT2D eigenvalue weighted by Gasteiger charge is -2.00. The third kappa shape index (κ3) is 38.3. The van der Waals surface area contributed by atoms with Gasteiger partial charge in [0.1, 0.15) is 5.78 Å². The molecule has 0 aromatic carbocycles. The number of thiazole rings is 1. The number of carbonyl (C=O) groups excluding carboxylic acids is 2. The van der Waals surface area contributed by atoms with Gasteiger partial charge in [0.25, 0.3) is 0 Å². The van der Waals surface area contributed by atoms with Gasteiger partial charge in [0.15, 0.2) is 0 Å². The van der Waals surface area contributed by atoms with Crippen molar-refractivity contribution in [3.8, 4) is 0 Å². The van der Waals surface area contributed by atoms with Crippen LogP contribution in [-0.4, -0.2) is 28.8 Å². The highest BCUT2D eigenvalue weighted by molar-refractivity contribution is 7.07. The van der Waals surface area contributed by atoms with Gasteiger partial charge in [-0.1, -0.05) is 84.3 Å². The largest absolute Gasteiger partial charge is 0.469 e. The van der Waals surface area contributed by atoms with Crippen LogP contribution in [0.3, 0.4) is 0 Å². The number of methoxy groups -OCH3 is 1. The fraction of sp³-hybridized carbons (Fsp3) is 0.645. The van der Waals surface area contributed by atoms with Crippen molar-refractivity contribution in [2.75, 3.05) is 7.11 Å². The van der Waals surface area contributed by atoms with Crippen LogP contribution in [0.5, 0.6) is 0 Å². The Kier molecular flexibility index (Phi) is 39.0. The number of nitrogens with one attached hydrogen (secondary N) is 1. The summed E-state index contributed by atoms with van der Waals surface area (Å²) >= 11 is 1.60. The zero-order valence-corrected chi connectivity index (χ0v) is 25.3. The molecule has 0 bridgehead atoms. The summed E-state index contributed by atoms with van der Waals surface area (Å²) in [5.41, 5.74) is 1.79. The molecule has 2 rings (SSSR count). The first-order valence-corrected chi connectivity index (χ1v) is 15.2. The number of aromatic nitrogens is 2. The number of allylic oxidation sites excluding steroid dienone is 2. The molecule has 0 saturated carbocycles. The van der Waals surface area contributed by atoms with Crippen molar-refractivity contribution in [3.05, 3.63) is 53.8 Å². The van der Waals surface area contributed by atoms with E-state index in [2.05, 4.69) is 33.8 Å². The van der Waals surface area contributed by atoms with Gasteiger partial charge >= 0.3 is 5.97 Å². The monoisotopic (exact) mass is 554 g/mol. The summed E-state index contributed by atoms with van der Waals surface area (Å²) in [5, 5.41) is 1.93. The van der Waals surface area contributed by atoms with Gasteiger partial charge in [-0.15, -0.1) is 11.3 Å². The topological polar surface area (TPSA) is 72.1 Å². The zero-order chi connectivity index (χ0) is 27.7. The fourth-order valence-electron chi connectivity index (χ4n) is 3.15. The predicted octanol–water partition coefficient (Wildman–Crippen LogP) is 9.88. The number of Topliss-reactive ketones (excluding diaryl/α,β-unsaturated/α-hetero) is 1. The summed E-state index contributed by atoms with van der Waals surface area (Å²) in [4.78, 5) is 27.7. The molecule has 0 atom stereocenters. The van der Waals surface area contributed by atoms with Crippen LogP contribution >= 0.6 is 11.3 Å². The second-order valence-electron chi connectivity index (χ2n) is 8.72. The highest BCUT2D eigenvalue weighted by Gasteiger charge is 1.98. The third-order valence-electron chi connectivity index (χ3n) is 5.50. The molecule has 2 heterocycles. The highest BCUT2D eigenvalue weighted by atomic mass is 32.1. The van der Waals surface area contributed by atoms with Gasteiger partial charge in [-0.25, -0.2) is 0 Å². The first-order valence-electron chi connectivity index (χ1n) is 14.3. The summed E-state index contributed by atoms with van der Waals surface area (Å²) in [6.07, 6.45) is 28.9. The summed E-state index contributed by atoms with van der Waals surface area (Å²) in [7, 11) is 1.46. The first-order chi connectivity index (χ1) is 18.1. The maximum absolute atomic E-state index is 10.9. The number of ketones is 1. The van der Waals surface area contributed by atoms with Crippen LogP contribution in [0, 0.1) is 0 Å². The van der Waals surface area contributed by atoms with E-state index in [0.717, 1.165) is 12.8 Å². The van der Waals surface area contributed by atoms with Crippen LogP contribution in [0.15, 0.2) is 53.8 Å². The predicted molar refractivity (Wildman–Crippen MR) is 162 cm³/mol.